The molecule has 0 saturated carbocycles. The van der Waals surface area contributed by atoms with Crippen molar-refractivity contribution in [3.05, 3.63) is 70.8 Å². The van der Waals surface area contributed by atoms with E-state index in [1.54, 1.807) is 0 Å². The van der Waals surface area contributed by atoms with E-state index < -0.39 is 12.2 Å². The number of nitrogens with one attached hydrogen (secondary N) is 1. The van der Waals surface area contributed by atoms with E-state index in [1.165, 1.54) is 54.4 Å². The summed E-state index contributed by atoms with van der Waals surface area (Å²) in [5, 5.41) is 12.6. The van der Waals surface area contributed by atoms with Crippen molar-refractivity contribution in [3.63, 3.8) is 0 Å². The Bertz CT molecular complexity index is 1020. The van der Waals surface area contributed by atoms with E-state index in [2.05, 4.69) is 43.4 Å². The number of hydrogen-bond acceptors (Lipinski definition) is 5. The van der Waals surface area contributed by atoms with Crippen LogP contribution in [0.1, 0.15) is 100 Å². The molecule has 0 radical (unpaired) electrons. The molecular weight excluding hydrogens is 528 g/mol. The molecule has 0 fully saturated rings. The number of nitrogens with zero attached hydrogens (tertiary/aromatic N) is 1. The number of fused-ring (bicyclic) bond motifs is 2. The zero-order chi connectivity index (χ0) is 30.0. The van der Waals surface area contributed by atoms with Crippen LogP contribution in [-0.2, 0) is 35.2 Å². The number of imide groups is 1. The van der Waals surface area contributed by atoms with Crippen LogP contribution in [0.3, 0.4) is 0 Å². The van der Waals surface area contributed by atoms with Gasteiger partial charge in [-0.3, -0.25) is 5.32 Å². The molecule has 0 spiro atoms. The van der Waals surface area contributed by atoms with Crippen molar-refractivity contribution in [2.24, 2.45) is 0 Å². The fraction of sp³-hybridized carbons (Fsp3) is 0.600. The van der Waals surface area contributed by atoms with Crippen molar-refractivity contribution < 1.29 is 24.2 Å². The molecule has 0 heterocycles. The monoisotopic (exact) mass is 580 g/mol. The van der Waals surface area contributed by atoms with Gasteiger partial charge in [0.15, 0.2) is 0 Å². The predicted molar refractivity (Wildman–Crippen MR) is 168 cm³/mol. The SMILES string of the molecule is CCCCCCCN(C(=O)O)C(=O)OC1Cc2ccccc2C1.CCCCCCCNCOC1Cc2ccccc2C1. The van der Waals surface area contributed by atoms with Gasteiger partial charge in [-0.2, -0.15) is 0 Å². The van der Waals surface area contributed by atoms with Crippen LogP contribution in [0, 0.1) is 0 Å². The zero-order valence-corrected chi connectivity index (χ0v) is 25.8. The third-order valence-corrected chi connectivity index (χ3v) is 8.11. The van der Waals surface area contributed by atoms with Crippen molar-refractivity contribution >= 4 is 12.2 Å². The van der Waals surface area contributed by atoms with Gasteiger partial charge >= 0.3 is 12.2 Å². The fourth-order valence-electron chi connectivity index (χ4n) is 5.69. The number of hydrogen-bond donors (Lipinski definition) is 2. The lowest BCUT2D eigenvalue weighted by atomic mass is 10.1. The number of carbonyl (C=O) groups is 2. The second-order valence-electron chi connectivity index (χ2n) is 11.6. The summed E-state index contributed by atoms with van der Waals surface area (Å²) in [6.07, 6.45) is 13.2. The van der Waals surface area contributed by atoms with Crippen LogP contribution in [0.4, 0.5) is 9.59 Å². The molecule has 0 aliphatic heterocycles. The van der Waals surface area contributed by atoms with E-state index in [0.717, 1.165) is 50.0 Å². The Morgan fingerprint density at radius 2 is 1.21 bits per heavy atom. The van der Waals surface area contributed by atoms with Crippen LogP contribution in [0.2, 0.25) is 0 Å². The Kier molecular flexibility index (Phi) is 15.5. The quantitative estimate of drug-likeness (QED) is 0.155. The Hall–Kier alpha value is -2.90. The molecule has 2 aliphatic rings. The maximum Gasteiger partial charge on any atom is 0.419 e. The highest BCUT2D eigenvalue weighted by Gasteiger charge is 2.29. The van der Waals surface area contributed by atoms with Gasteiger partial charge < -0.3 is 14.6 Å². The van der Waals surface area contributed by atoms with Crippen molar-refractivity contribution in [1.29, 1.82) is 0 Å². The summed E-state index contributed by atoms with van der Waals surface area (Å²) in [6.45, 7) is 6.37. The lowest BCUT2D eigenvalue weighted by Crippen LogP contribution is -2.39. The number of benzene rings is 2. The third kappa shape index (κ3) is 11.8. The number of amides is 2. The second-order valence-corrected chi connectivity index (χ2v) is 11.6. The minimum absolute atomic E-state index is 0.206. The van der Waals surface area contributed by atoms with Crippen molar-refractivity contribution in [1.82, 2.24) is 10.2 Å². The first-order valence-corrected chi connectivity index (χ1v) is 16.2. The number of unbranched alkanes of at least 4 members (excludes halogenated alkanes) is 8. The Balaban J connectivity index is 0.000000235. The van der Waals surface area contributed by atoms with Crippen LogP contribution < -0.4 is 5.32 Å². The molecule has 2 N–H and O–H groups in total. The molecule has 0 unspecified atom stereocenters. The number of rotatable bonds is 16. The topological polar surface area (TPSA) is 88.1 Å². The number of carbonyl (C=O) groups excluding carboxylic acids is 1. The van der Waals surface area contributed by atoms with Gasteiger partial charge in [-0.1, -0.05) is 114 Å². The molecule has 4 rings (SSSR count). The highest BCUT2D eigenvalue weighted by atomic mass is 16.6. The molecule has 2 aromatic carbocycles. The van der Waals surface area contributed by atoms with Gasteiger partial charge in [-0.05, 0) is 54.5 Å². The highest BCUT2D eigenvalue weighted by molar-refractivity contribution is 5.86. The van der Waals surface area contributed by atoms with E-state index in [9.17, 15) is 14.7 Å². The molecule has 7 heteroatoms. The highest BCUT2D eigenvalue weighted by Crippen LogP contribution is 2.25. The zero-order valence-electron chi connectivity index (χ0n) is 25.8. The molecule has 2 aromatic rings. The Morgan fingerprint density at radius 1 is 0.738 bits per heavy atom. The average molecular weight is 581 g/mol. The van der Waals surface area contributed by atoms with Crippen LogP contribution in [0.5, 0.6) is 0 Å². The Morgan fingerprint density at radius 3 is 1.71 bits per heavy atom. The molecule has 7 nitrogen and oxygen atoms in total. The summed E-state index contributed by atoms with van der Waals surface area (Å²) in [7, 11) is 0. The molecule has 0 aromatic heterocycles. The lowest BCUT2D eigenvalue weighted by Gasteiger charge is -2.19. The van der Waals surface area contributed by atoms with E-state index in [0.29, 0.717) is 32.1 Å². The lowest BCUT2D eigenvalue weighted by molar-refractivity contribution is 0.0475. The first kappa shape index (κ1) is 33.6. The van der Waals surface area contributed by atoms with Crippen molar-refractivity contribution in [2.75, 3.05) is 19.8 Å². The third-order valence-electron chi connectivity index (χ3n) is 8.11. The molecule has 0 atom stereocenters. The van der Waals surface area contributed by atoms with Gasteiger partial charge in [0.05, 0.1) is 12.8 Å². The predicted octanol–water partition coefficient (Wildman–Crippen LogP) is 7.93. The molecule has 0 bridgehead atoms. The molecule has 42 heavy (non-hydrogen) atoms. The maximum absolute atomic E-state index is 12.1. The van der Waals surface area contributed by atoms with Crippen LogP contribution in [0.15, 0.2) is 48.5 Å². The second kappa shape index (κ2) is 19.3. The normalized spacial score (nSPS) is 14.1. The number of carboxylic acid groups (broad SMARTS) is 1. The molecule has 232 valence electrons. The summed E-state index contributed by atoms with van der Waals surface area (Å²) < 4.78 is 11.3. The standard InChI is InChI=1S/C18H25NO4.C17H27NO/c1-2-3-4-5-8-11-19(17(20)21)18(22)23-16-12-14-9-6-7-10-15(14)13-16;1-2-3-4-5-8-11-18-14-19-17-12-15-9-6-7-10-16(15)13-17/h6-7,9-10,16H,2-5,8,11-13H2,1H3,(H,20,21);6-7,9-10,17-18H,2-5,8,11-14H2,1H3. The number of ether oxygens (including phenoxy) is 2. The Labute approximate surface area is 253 Å². The first-order valence-electron chi connectivity index (χ1n) is 16.2. The van der Waals surface area contributed by atoms with E-state index in [1.807, 2.05) is 24.3 Å². The van der Waals surface area contributed by atoms with Gasteiger partial charge in [0.1, 0.15) is 6.10 Å². The van der Waals surface area contributed by atoms with Crippen molar-refractivity contribution in [2.45, 2.75) is 116 Å². The molecular formula is C35H52N2O5. The molecule has 0 saturated heterocycles. The minimum Gasteiger partial charge on any atom is -0.465 e. The smallest absolute Gasteiger partial charge is 0.419 e. The van der Waals surface area contributed by atoms with Gasteiger partial charge in [-0.15, -0.1) is 0 Å². The van der Waals surface area contributed by atoms with Gasteiger partial charge in [-0.25, -0.2) is 14.5 Å². The van der Waals surface area contributed by atoms with E-state index >= 15 is 0 Å². The molecule has 2 aliphatic carbocycles. The average Bonchev–Trinajstić information content (AvgIpc) is 3.59. The first-order chi connectivity index (χ1) is 20.5. The molecule has 2 amide bonds. The summed E-state index contributed by atoms with van der Waals surface area (Å²) in [4.78, 5) is 24.2. The summed E-state index contributed by atoms with van der Waals surface area (Å²) in [5.74, 6) is 0. The summed E-state index contributed by atoms with van der Waals surface area (Å²) >= 11 is 0. The van der Waals surface area contributed by atoms with Crippen LogP contribution >= 0.6 is 0 Å². The van der Waals surface area contributed by atoms with Crippen LogP contribution in [0.25, 0.3) is 0 Å². The van der Waals surface area contributed by atoms with Crippen LogP contribution in [-0.4, -0.2) is 54.2 Å². The van der Waals surface area contributed by atoms with E-state index in [-0.39, 0.29) is 12.6 Å². The van der Waals surface area contributed by atoms with Gasteiger partial charge in [0, 0.05) is 19.4 Å². The fourth-order valence-corrected chi connectivity index (χ4v) is 5.69. The summed E-state index contributed by atoms with van der Waals surface area (Å²) in [5.41, 5.74) is 5.28. The van der Waals surface area contributed by atoms with E-state index in [4.69, 9.17) is 9.47 Å². The van der Waals surface area contributed by atoms with Crippen molar-refractivity contribution in [3.8, 4) is 0 Å². The largest absolute Gasteiger partial charge is 0.465 e. The van der Waals surface area contributed by atoms with Gasteiger partial charge in [0.2, 0.25) is 0 Å². The van der Waals surface area contributed by atoms with Gasteiger partial charge in [0.25, 0.3) is 0 Å². The summed E-state index contributed by atoms with van der Waals surface area (Å²) in [6, 6.07) is 16.6. The maximum atomic E-state index is 12.1. The minimum atomic E-state index is -1.24.